The van der Waals surface area contributed by atoms with Gasteiger partial charge in [-0.15, -0.1) is 4.59 Å². The third kappa shape index (κ3) is 3.59. The molecule has 1 fully saturated rings. The number of esters is 1. The zero-order valence-corrected chi connectivity index (χ0v) is 18.6. The summed E-state index contributed by atoms with van der Waals surface area (Å²) >= 11 is 0. The van der Waals surface area contributed by atoms with Gasteiger partial charge in [-0.05, 0) is 49.2 Å². The maximum absolute atomic E-state index is 13.1. The second-order valence-corrected chi connectivity index (χ2v) is 8.60. The van der Waals surface area contributed by atoms with Crippen LogP contribution < -0.4 is 10.6 Å². The summed E-state index contributed by atoms with van der Waals surface area (Å²) in [5.41, 5.74) is 1.43. The number of amidine groups is 1. The van der Waals surface area contributed by atoms with E-state index in [2.05, 4.69) is 4.99 Å². The zero-order chi connectivity index (χ0) is 22.9. The minimum atomic E-state index is -0.805. The average Bonchev–Trinajstić information content (AvgIpc) is 3.18. The molecule has 33 heavy (non-hydrogen) atoms. The monoisotopic (exact) mass is 443 g/mol. The van der Waals surface area contributed by atoms with Gasteiger partial charge in [0.05, 0.1) is 25.1 Å². The first kappa shape index (κ1) is 21.3. The molecule has 0 aromatic heterocycles. The summed E-state index contributed by atoms with van der Waals surface area (Å²) in [4.78, 5) is 22.4. The second kappa shape index (κ2) is 8.42. The van der Waals surface area contributed by atoms with E-state index in [-0.39, 0.29) is 10.6 Å². The fourth-order valence-electron chi connectivity index (χ4n) is 4.92. The molecule has 7 nitrogen and oxygen atoms in total. The molecule has 1 atom stereocenters. The van der Waals surface area contributed by atoms with Crippen LogP contribution in [0.15, 0.2) is 88.4 Å². The highest BCUT2D eigenvalue weighted by molar-refractivity contribution is 6.01. The normalized spacial score (nSPS) is 23.2. The van der Waals surface area contributed by atoms with Gasteiger partial charge < -0.3 is 9.47 Å². The van der Waals surface area contributed by atoms with Crippen LogP contribution in [0.25, 0.3) is 0 Å². The van der Waals surface area contributed by atoms with Crippen molar-refractivity contribution < 1.29 is 18.9 Å². The van der Waals surface area contributed by atoms with E-state index in [1.165, 1.54) is 7.11 Å². The topological polar surface area (TPSA) is 86.3 Å². The van der Waals surface area contributed by atoms with E-state index in [1.54, 1.807) is 18.6 Å². The molecule has 0 amide bonds. The summed E-state index contributed by atoms with van der Waals surface area (Å²) in [6.45, 7) is 0. The van der Waals surface area contributed by atoms with Crippen LogP contribution in [-0.4, -0.2) is 29.7 Å². The fourth-order valence-corrected chi connectivity index (χ4v) is 4.92. The third-order valence-electron chi connectivity index (χ3n) is 6.62. The Kier molecular flexibility index (Phi) is 5.44. The molecule has 1 unspecified atom stereocenters. The van der Waals surface area contributed by atoms with Crippen LogP contribution >= 0.6 is 0 Å². The second-order valence-electron chi connectivity index (χ2n) is 8.60. The van der Waals surface area contributed by atoms with Crippen molar-refractivity contribution >= 4 is 18.0 Å². The zero-order valence-electron chi connectivity index (χ0n) is 18.6. The third-order valence-corrected chi connectivity index (χ3v) is 6.62. The van der Waals surface area contributed by atoms with Crippen molar-refractivity contribution in [1.29, 1.82) is 0 Å². The van der Waals surface area contributed by atoms with Crippen molar-refractivity contribution in [3.05, 3.63) is 84.0 Å². The fraction of sp³-hybridized carbons (Fsp3) is 0.269. The molecule has 2 heterocycles. The van der Waals surface area contributed by atoms with E-state index in [9.17, 15) is 4.79 Å². The summed E-state index contributed by atoms with van der Waals surface area (Å²) in [7, 11) is 1.44. The number of fused-ring (bicyclic) bond motifs is 1. The Hall–Kier alpha value is -3.55. The maximum Gasteiger partial charge on any atom is 0.318 e. The quantitative estimate of drug-likeness (QED) is 0.408. The Morgan fingerprint density at radius 1 is 1.00 bits per heavy atom. The van der Waals surface area contributed by atoms with Crippen LogP contribution in [0.5, 0.6) is 11.5 Å². The van der Waals surface area contributed by atoms with Gasteiger partial charge in [-0.25, -0.2) is 0 Å². The number of carbonyl (C=O) groups excluding carboxylic acids is 1. The number of benzene rings is 2. The number of hydrogen-bond acceptors (Lipinski definition) is 6. The number of aliphatic imine (C=N–C) groups is 2. The summed E-state index contributed by atoms with van der Waals surface area (Å²) in [6, 6.07) is 17.3. The van der Waals surface area contributed by atoms with Crippen LogP contribution in [0.3, 0.4) is 0 Å². The summed E-state index contributed by atoms with van der Waals surface area (Å²) in [5.74, 6) is 8.76. The average molecular weight is 444 g/mol. The molecule has 1 saturated carbocycles. The SMILES string of the molecule is COC(=O)C1(C2=C3C=NC=C[N+]3(N)C(c3ccc(Oc4ccccc4)cc3)=N2)CCCCC1. The first-order valence-corrected chi connectivity index (χ1v) is 11.2. The number of ether oxygens (including phenoxy) is 2. The van der Waals surface area contributed by atoms with E-state index >= 15 is 0 Å². The van der Waals surface area contributed by atoms with Gasteiger partial charge in [0.1, 0.15) is 28.8 Å². The number of allylic oxidation sites excluding steroid dienone is 1. The highest BCUT2D eigenvalue weighted by Gasteiger charge is 2.54. The van der Waals surface area contributed by atoms with E-state index < -0.39 is 5.41 Å². The van der Waals surface area contributed by atoms with Crippen LogP contribution in [0.2, 0.25) is 0 Å². The molecule has 0 spiro atoms. The van der Waals surface area contributed by atoms with Crippen LogP contribution in [0.1, 0.15) is 37.7 Å². The van der Waals surface area contributed by atoms with E-state index in [1.807, 2.05) is 54.6 Å². The minimum Gasteiger partial charge on any atom is -0.468 e. The molecule has 0 radical (unpaired) electrons. The van der Waals surface area contributed by atoms with Crippen molar-refractivity contribution in [2.45, 2.75) is 32.1 Å². The van der Waals surface area contributed by atoms with Crippen molar-refractivity contribution in [3.8, 4) is 11.5 Å². The Labute approximate surface area is 193 Å². The van der Waals surface area contributed by atoms with E-state index in [4.69, 9.17) is 20.3 Å². The van der Waals surface area contributed by atoms with Gasteiger partial charge in [0.15, 0.2) is 0 Å². The van der Waals surface area contributed by atoms with Gasteiger partial charge in [-0.2, -0.15) is 10.8 Å². The van der Waals surface area contributed by atoms with Crippen molar-refractivity contribution in [2.75, 3.05) is 7.11 Å². The number of rotatable bonds is 5. The summed E-state index contributed by atoms with van der Waals surface area (Å²) in [5, 5.41) is 0. The lowest BCUT2D eigenvalue weighted by Gasteiger charge is -2.34. The number of methoxy groups -OCH3 is 1. The molecule has 2 aromatic carbocycles. The van der Waals surface area contributed by atoms with Crippen molar-refractivity contribution in [3.63, 3.8) is 0 Å². The molecule has 2 N–H and O–H groups in total. The maximum atomic E-state index is 13.1. The summed E-state index contributed by atoms with van der Waals surface area (Å²) < 4.78 is 11.1. The van der Waals surface area contributed by atoms with Crippen molar-refractivity contribution in [2.24, 2.45) is 21.2 Å². The smallest absolute Gasteiger partial charge is 0.318 e. The van der Waals surface area contributed by atoms with E-state index in [0.29, 0.717) is 30.1 Å². The first-order chi connectivity index (χ1) is 16.1. The molecule has 168 valence electrons. The van der Waals surface area contributed by atoms with Gasteiger partial charge in [0, 0.05) is 0 Å². The lowest BCUT2D eigenvalue weighted by Crippen LogP contribution is -2.53. The van der Waals surface area contributed by atoms with E-state index in [0.717, 1.165) is 36.3 Å². The standard InChI is InChI=1S/C26H27N4O3/c1-32-25(31)26(14-6-3-7-15-26)23-22-18-28-16-17-30(22,27)24(29-23)19-10-12-21(13-11-19)33-20-8-4-2-5-9-20/h2,4-5,8-13,16-18H,3,6-7,14-15,27H2,1H3/q+1. The number of para-hydroxylation sites is 1. The molecule has 7 heteroatoms. The number of nitrogens with two attached hydrogens (primary N) is 1. The Morgan fingerprint density at radius 3 is 2.39 bits per heavy atom. The number of quaternary nitrogens is 1. The van der Waals surface area contributed by atoms with Crippen LogP contribution in [-0.2, 0) is 9.53 Å². The molecule has 2 aliphatic heterocycles. The lowest BCUT2D eigenvalue weighted by molar-refractivity contribution is -0.750. The molecular formula is C26H27N4O3+. The molecule has 2 aromatic rings. The Balaban J connectivity index is 1.54. The van der Waals surface area contributed by atoms with Gasteiger partial charge in [-0.3, -0.25) is 9.79 Å². The highest BCUT2D eigenvalue weighted by Crippen LogP contribution is 2.49. The van der Waals surface area contributed by atoms with Crippen LogP contribution in [0, 0.1) is 5.41 Å². The number of hydrogen-bond donors (Lipinski definition) is 1. The lowest BCUT2D eigenvalue weighted by atomic mass is 9.71. The molecule has 1 aliphatic carbocycles. The Bertz CT molecular complexity index is 1180. The van der Waals surface area contributed by atoms with Gasteiger partial charge in [0.25, 0.3) is 5.84 Å². The highest BCUT2D eigenvalue weighted by atomic mass is 16.5. The molecule has 0 bridgehead atoms. The molecular weight excluding hydrogens is 416 g/mol. The minimum absolute atomic E-state index is 0.129. The van der Waals surface area contributed by atoms with Crippen LogP contribution in [0.4, 0.5) is 0 Å². The number of nitrogens with zero attached hydrogens (tertiary/aromatic N) is 3. The van der Waals surface area contributed by atoms with Gasteiger partial charge >= 0.3 is 5.97 Å². The van der Waals surface area contributed by atoms with Gasteiger partial charge in [-0.1, -0.05) is 37.5 Å². The predicted octanol–water partition coefficient (Wildman–Crippen LogP) is 4.82. The predicted molar refractivity (Wildman–Crippen MR) is 126 cm³/mol. The van der Waals surface area contributed by atoms with Gasteiger partial charge in [0.2, 0.25) is 5.70 Å². The molecule has 3 aliphatic rings. The Morgan fingerprint density at radius 2 is 1.70 bits per heavy atom. The molecule has 0 saturated heterocycles. The first-order valence-electron chi connectivity index (χ1n) is 11.2. The summed E-state index contributed by atoms with van der Waals surface area (Å²) in [6.07, 6.45) is 9.55. The molecule has 5 rings (SSSR count). The number of carbonyl (C=O) groups is 1. The largest absolute Gasteiger partial charge is 0.468 e. The van der Waals surface area contributed by atoms with Crippen molar-refractivity contribution in [1.82, 2.24) is 0 Å².